The third-order valence-electron chi connectivity index (χ3n) is 2.83. The van der Waals surface area contributed by atoms with Gasteiger partial charge in [-0.15, -0.1) is 0 Å². The van der Waals surface area contributed by atoms with Crippen LogP contribution in [0.1, 0.15) is 18.6 Å². The van der Waals surface area contributed by atoms with Crippen molar-refractivity contribution in [1.82, 2.24) is 5.32 Å². The van der Waals surface area contributed by atoms with Gasteiger partial charge in [-0.05, 0) is 24.6 Å². The van der Waals surface area contributed by atoms with E-state index in [2.05, 4.69) is 5.32 Å². The van der Waals surface area contributed by atoms with Crippen LogP contribution in [0.2, 0.25) is 0 Å². The molecule has 92 valence electrons. The van der Waals surface area contributed by atoms with E-state index in [1.54, 1.807) is 24.0 Å². The Kier molecular flexibility index (Phi) is 3.28. The predicted octanol–water partition coefficient (Wildman–Crippen LogP) is 0.815. The van der Waals surface area contributed by atoms with Gasteiger partial charge in [0.15, 0.2) is 0 Å². The maximum Gasteiger partial charge on any atom is 0.239 e. The van der Waals surface area contributed by atoms with Gasteiger partial charge in [0.2, 0.25) is 5.91 Å². The lowest BCUT2D eigenvalue weighted by molar-refractivity contribution is -0.120. The number of nitrogens with zero attached hydrogens (tertiary/aromatic N) is 1. The number of aliphatic hydroxyl groups is 1. The topological polar surface area (TPSA) is 52.6 Å². The molecule has 0 spiro atoms. The Morgan fingerprint density at radius 1 is 1.53 bits per heavy atom. The number of anilines is 1. The number of carbonyl (C=O) groups excluding carboxylic acids is 1. The quantitative estimate of drug-likeness (QED) is 0.802. The van der Waals surface area contributed by atoms with Gasteiger partial charge in [0.05, 0.1) is 18.3 Å². The van der Waals surface area contributed by atoms with Crippen LogP contribution >= 0.6 is 0 Å². The molecule has 1 aromatic carbocycles. The maximum absolute atomic E-state index is 13.8. The van der Waals surface area contributed by atoms with Crippen LogP contribution < -0.4 is 10.2 Å². The Morgan fingerprint density at radius 2 is 2.29 bits per heavy atom. The van der Waals surface area contributed by atoms with E-state index in [-0.39, 0.29) is 12.5 Å². The predicted molar refractivity (Wildman–Crippen MR) is 62.3 cm³/mol. The lowest BCUT2D eigenvalue weighted by Gasteiger charge is -2.29. The van der Waals surface area contributed by atoms with Crippen LogP contribution in [0.25, 0.3) is 0 Å². The van der Waals surface area contributed by atoms with Crippen LogP contribution in [0.4, 0.5) is 10.1 Å². The van der Waals surface area contributed by atoms with Crippen LogP contribution in [0.3, 0.4) is 0 Å². The highest BCUT2D eigenvalue weighted by atomic mass is 19.1. The number of benzene rings is 1. The number of hydrogen-bond donors (Lipinski definition) is 2. The van der Waals surface area contributed by atoms with Crippen molar-refractivity contribution in [2.45, 2.75) is 13.0 Å². The minimum atomic E-state index is -0.691. The van der Waals surface area contributed by atoms with Crippen molar-refractivity contribution in [3.8, 4) is 0 Å². The molecule has 0 saturated carbocycles. The zero-order valence-electron chi connectivity index (χ0n) is 9.61. The number of rotatable bonds is 2. The highest BCUT2D eigenvalue weighted by Crippen LogP contribution is 2.23. The second kappa shape index (κ2) is 4.71. The number of aliphatic hydroxyl groups excluding tert-OH is 1. The van der Waals surface area contributed by atoms with Gasteiger partial charge in [-0.25, -0.2) is 4.39 Å². The van der Waals surface area contributed by atoms with Gasteiger partial charge in [0.1, 0.15) is 5.82 Å². The number of halogens is 1. The molecule has 1 amide bonds. The Bertz CT molecular complexity index is 435. The summed E-state index contributed by atoms with van der Waals surface area (Å²) in [6.07, 6.45) is -0.691. The minimum absolute atomic E-state index is 0.102. The summed E-state index contributed by atoms with van der Waals surface area (Å²) < 4.78 is 13.8. The first-order chi connectivity index (χ1) is 8.08. The van der Waals surface area contributed by atoms with Crippen LogP contribution in [0, 0.1) is 5.82 Å². The molecule has 2 rings (SSSR count). The van der Waals surface area contributed by atoms with Crippen LogP contribution in [0.15, 0.2) is 18.2 Å². The van der Waals surface area contributed by atoms with E-state index in [1.165, 1.54) is 6.07 Å². The molecule has 1 atom stereocenters. The van der Waals surface area contributed by atoms with Crippen molar-refractivity contribution in [2.24, 2.45) is 0 Å². The molecular formula is C12H15FN2O2. The summed E-state index contributed by atoms with van der Waals surface area (Å²) in [6.45, 7) is 2.88. The molecule has 17 heavy (non-hydrogen) atoms. The fraction of sp³-hybridized carbons (Fsp3) is 0.417. The first-order valence-corrected chi connectivity index (χ1v) is 5.57. The summed E-state index contributed by atoms with van der Waals surface area (Å²) in [5, 5.41) is 12.0. The monoisotopic (exact) mass is 238 g/mol. The zero-order valence-corrected chi connectivity index (χ0v) is 9.61. The molecule has 0 bridgehead atoms. The van der Waals surface area contributed by atoms with E-state index < -0.39 is 11.9 Å². The molecule has 0 unspecified atom stereocenters. The standard InChI is InChI=1S/C12H15FN2O2/c1-8(16)9-2-3-11(10(13)6-9)15-5-4-14-12(17)7-15/h2-3,6,8,16H,4-5,7H2,1H3,(H,14,17)/t8-/m0/s1. The molecule has 1 fully saturated rings. The fourth-order valence-corrected chi connectivity index (χ4v) is 1.88. The first-order valence-electron chi connectivity index (χ1n) is 5.57. The molecule has 1 aliphatic heterocycles. The van der Waals surface area contributed by atoms with E-state index in [1.807, 2.05) is 0 Å². The summed E-state index contributed by atoms with van der Waals surface area (Å²) in [7, 11) is 0. The molecule has 5 heteroatoms. The van der Waals surface area contributed by atoms with Crippen molar-refractivity contribution >= 4 is 11.6 Å². The van der Waals surface area contributed by atoms with Crippen molar-refractivity contribution in [1.29, 1.82) is 0 Å². The Hall–Kier alpha value is -1.62. The van der Waals surface area contributed by atoms with Gasteiger partial charge < -0.3 is 15.3 Å². The van der Waals surface area contributed by atoms with Crippen molar-refractivity contribution in [3.05, 3.63) is 29.6 Å². The van der Waals surface area contributed by atoms with E-state index >= 15 is 0 Å². The summed E-state index contributed by atoms with van der Waals surface area (Å²) >= 11 is 0. The van der Waals surface area contributed by atoms with E-state index in [0.29, 0.717) is 24.3 Å². The smallest absolute Gasteiger partial charge is 0.239 e. The highest BCUT2D eigenvalue weighted by molar-refractivity contribution is 5.82. The van der Waals surface area contributed by atoms with Gasteiger partial charge in [-0.2, -0.15) is 0 Å². The lowest BCUT2D eigenvalue weighted by atomic mass is 10.1. The minimum Gasteiger partial charge on any atom is -0.389 e. The Morgan fingerprint density at radius 3 is 2.88 bits per heavy atom. The first kappa shape index (κ1) is 11.9. The van der Waals surface area contributed by atoms with Gasteiger partial charge >= 0.3 is 0 Å². The molecule has 2 N–H and O–H groups in total. The number of piperazine rings is 1. The van der Waals surface area contributed by atoms with Gasteiger partial charge in [0.25, 0.3) is 0 Å². The normalized spacial score (nSPS) is 17.8. The van der Waals surface area contributed by atoms with E-state index in [0.717, 1.165) is 0 Å². The fourth-order valence-electron chi connectivity index (χ4n) is 1.88. The highest BCUT2D eigenvalue weighted by Gasteiger charge is 2.19. The number of carbonyl (C=O) groups is 1. The third-order valence-corrected chi connectivity index (χ3v) is 2.83. The van der Waals surface area contributed by atoms with E-state index in [4.69, 9.17) is 0 Å². The lowest BCUT2D eigenvalue weighted by Crippen LogP contribution is -2.48. The second-order valence-electron chi connectivity index (χ2n) is 4.16. The van der Waals surface area contributed by atoms with Crippen LogP contribution in [0.5, 0.6) is 0 Å². The molecule has 0 aliphatic carbocycles. The average Bonchev–Trinajstić information content (AvgIpc) is 2.28. The molecule has 1 heterocycles. The molecule has 4 nitrogen and oxygen atoms in total. The molecule has 1 aromatic rings. The molecular weight excluding hydrogens is 223 g/mol. The van der Waals surface area contributed by atoms with Gasteiger partial charge in [-0.3, -0.25) is 4.79 Å². The Balaban J connectivity index is 2.23. The molecule has 1 aliphatic rings. The largest absolute Gasteiger partial charge is 0.389 e. The SMILES string of the molecule is C[C@H](O)c1ccc(N2CCNC(=O)C2)c(F)c1. The zero-order chi connectivity index (χ0) is 12.4. The second-order valence-corrected chi connectivity index (χ2v) is 4.16. The maximum atomic E-state index is 13.8. The van der Waals surface area contributed by atoms with Crippen molar-refractivity contribution < 1.29 is 14.3 Å². The Labute approximate surface area is 99.0 Å². The summed E-state index contributed by atoms with van der Waals surface area (Å²) in [5.74, 6) is -0.506. The average molecular weight is 238 g/mol. The number of amides is 1. The molecule has 0 radical (unpaired) electrons. The van der Waals surface area contributed by atoms with Crippen LogP contribution in [-0.2, 0) is 4.79 Å². The molecule has 1 saturated heterocycles. The summed E-state index contributed by atoms with van der Waals surface area (Å²) in [6, 6.07) is 4.60. The number of nitrogens with one attached hydrogen (secondary N) is 1. The van der Waals surface area contributed by atoms with Crippen LogP contribution in [-0.4, -0.2) is 30.6 Å². The van der Waals surface area contributed by atoms with Gasteiger partial charge in [0, 0.05) is 13.1 Å². The van der Waals surface area contributed by atoms with E-state index in [9.17, 15) is 14.3 Å². The third kappa shape index (κ3) is 2.55. The van der Waals surface area contributed by atoms with Crippen molar-refractivity contribution in [2.75, 3.05) is 24.5 Å². The van der Waals surface area contributed by atoms with Crippen molar-refractivity contribution in [3.63, 3.8) is 0 Å². The van der Waals surface area contributed by atoms with Gasteiger partial charge in [-0.1, -0.05) is 6.07 Å². The summed E-state index contributed by atoms with van der Waals surface area (Å²) in [4.78, 5) is 12.9. The number of hydrogen-bond acceptors (Lipinski definition) is 3. The summed E-state index contributed by atoms with van der Waals surface area (Å²) in [5.41, 5.74) is 0.942. The molecule has 0 aromatic heterocycles.